The van der Waals surface area contributed by atoms with Gasteiger partial charge in [0.25, 0.3) is 0 Å². The summed E-state index contributed by atoms with van der Waals surface area (Å²) in [5.74, 6) is 0. The van der Waals surface area contributed by atoms with Gasteiger partial charge in [0.05, 0.1) is 0 Å². The van der Waals surface area contributed by atoms with Crippen molar-refractivity contribution in [1.29, 1.82) is 0 Å². The smallest absolute Gasteiger partial charge is 0.0181 e. The molecule has 1 heteroatoms. The van der Waals surface area contributed by atoms with Crippen molar-refractivity contribution in [2.24, 2.45) is 0 Å². The summed E-state index contributed by atoms with van der Waals surface area (Å²) in [6.07, 6.45) is 5.13. The molecule has 0 nitrogen and oxygen atoms in total. The molecule has 0 N–H and O–H groups in total. The van der Waals surface area contributed by atoms with E-state index in [-0.39, 0.29) is 0 Å². The van der Waals surface area contributed by atoms with E-state index in [1.165, 1.54) is 42.0 Å². The quantitative estimate of drug-likeness (QED) is 0.662. The average Bonchev–Trinajstić information content (AvgIpc) is 2.29. The molecule has 0 heterocycles. The van der Waals surface area contributed by atoms with E-state index < -0.39 is 0 Å². The molecule has 0 saturated carbocycles. The Labute approximate surface area is 106 Å². The van der Waals surface area contributed by atoms with E-state index in [4.69, 9.17) is 0 Å². The van der Waals surface area contributed by atoms with Crippen LogP contribution in [-0.2, 0) is 6.42 Å². The lowest BCUT2D eigenvalue weighted by Gasteiger charge is -2.04. The summed E-state index contributed by atoms with van der Waals surface area (Å²) >= 11 is 3.52. The van der Waals surface area contributed by atoms with Gasteiger partial charge in [-0.05, 0) is 41.3 Å². The van der Waals surface area contributed by atoms with Crippen molar-refractivity contribution < 1.29 is 0 Å². The van der Waals surface area contributed by atoms with Gasteiger partial charge in [0.2, 0.25) is 0 Å². The Morgan fingerprint density at radius 1 is 0.938 bits per heavy atom. The number of halogens is 1. The molecule has 16 heavy (non-hydrogen) atoms. The van der Waals surface area contributed by atoms with Crippen LogP contribution in [0.4, 0.5) is 0 Å². The van der Waals surface area contributed by atoms with Crippen LogP contribution in [0.25, 0.3) is 10.8 Å². The van der Waals surface area contributed by atoms with Crippen LogP contribution < -0.4 is 0 Å². The highest BCUT2D eigenvalue weighted by Crippen LogP contribution is 2.21. The summed E-state index contributed by atoms with van der Waals surface area (Å²) in [6, 6.07) is 13.2. The number of rotatable bonds is 4. The Balaban J connectivity index is 2.21. The maximum Gasteiger partial charge on any atom is 0.0181 e. The highest BCUT2D eigenvalue weighted by Gasteiger charge is 1.97. The molecule has 2 rings (SSSR count). The SMILES string of the molecule is CCCCCc1ccc2ccc(Br)cc2c1. The molecule has 84 valence electrons. The van der Waals surface area contributed by atoms with E-state index in [0.717, 1.165) is 4.47 Å². The van der Waals surface area contributed by atoms with Crippen molar-refractivity contribution >= 4 is 26.7 Å². The summed E-state index contributed by atoms with van der Waals surface area (Å²) in [5.41, 5.74) is 1.46. The van der Waals surface area contributed by atoms with Crippen molar-refractivity contribution in [2.75, 3.05) is 0 Å². The van der Waals surface area contributed by atoms with Gasteiger partial charge in [0.1, 0.15) is 0 Å². The third kappa shape index (κ3) is 2.85. The molecule has 0 fully saturated rings. The molecule has 0 saturated heterocycles. The van der Waals surface area contributed by atoms with Gasteiger partial charge in [-0.15, -0.1) is 0 Å². The molecule has 0 spiro atoms. The van der Waals surface area contributed by atoms with E-state index in [1.54, 1.807) is 0 Å². The molecular formula is C15H17Br. The van der Waals surface area contributed by atoms with Gasteiger partial charge in [0.15, 0.2) is 0 Å². The number of hydrogen-bond donors (Lipinski definition) is 0. The van der Waals surface area contributed by atoms with E-state index in [2.05, 4.69) is 59.3 Å². The zero-order valence-electron chi connectivity index (χ0n) is 9.67. The van der Waals surface area contributed by atoms with Gasteiger partial charge in [0, 0.05) is 4.47 Å². The van der Waals surface area contributed by atoms with E-state index in [9.17, 15) is 0 Å². The Hall–Kier alpha value is -0.820. The lowest BCUT2D eigenvalue weighted by molar-refractivity contribution is 0.718. The highest BCUT2D eigenvalue weighted by molar-refractivity contribution is 9.10. The molecule has 0 unspecified atom stereocenters. The molecule has 0 atom stereocenters. The third-order valence-electron chi connectivity index (χ3n) is 2.94. The van der Waals surface area contributed by atoms with E-state index in [0.29, 0.717) is 0 Å². The molecule has 0 amide bonds. The number of hydrogen-bond acceptors (Lipinski definition) is 0. The summed E-state index contributed by atoms with van der Waals surface area (Å²) in [7, 11) is 0. The van der Waals surface area contributed by atoms with Crippen molar-refractivity contribution in [3.05, 3.63) is 46.4 Å². The first kappa shape index (κ1) is 11.7. The number of fused-ring (bicyclic) bond motifs is 1. The van der Waals surface area contributed by atoms with Gasteiger partial charge in [-0.2, -0.15) is 0 Å². The highest BCUT2D eigenvalue weighted by atomic mass is 79.9. The number of unbranched alkanes of at least 4 members (excludes halogenated alkanes) is 2. The molecule has 2 aromatic rings. The summed E-state index contributed by atoms with van der Waals surface area (Å²) in [6.45, 7) is 2.25. The molecule has 0 aliphatic rings. The Morgan fingerprint density at radius 2 is 1.75 bits per heavy atom. The number of aryl methyl sites for hydroxylation is 1. The molecule has 0 radical (unpaired) electrons. The summed E-state index contributed by atoms with van der Waals surface area (Å²) in [4.78, 5) is 0. The first-order valence-electron chi connectivity index (χ1n) is 5.98. The monoisotopic (exact) mass is 276 g/mol. The van der Waals surface area contributed by atoms with Gasteiger partial charge in [-0.1, -0.05) is 60.0 Å². The zero-order chi connectivity index (χ0) is 11.4. The second kappa shape index (κ2) is 5.49. The van der Waals surface area contributed by atoms with Crippen molar-refractivity contribution in [3.8, 4) is 0 Å². The first-order valence-corrected chi connectivity index (χ1v) is 6.77. The van der Waals surface area contributed by atoms with Gasteiger partial charge >= 0.3 is 0 Å². The zero-order valence-corrected chi connectivity index (χ0v) is 11.3. The Bertz CT molecular complexity index is 474. The van der Waals surface area contributed by atoms with Crippen LogP contribution in [0.1, 0.15) is 31.7 Å². The molecule has 0 aliphatic carbocycles. The third-order valence-corrected chi connectivity index (χ3v) is 3.43. The van der Waals surface area contributed by atoms with E-state index >= 15 is 0 Å². The van der Waals surface area contributed by atoms with Crippen LogP contribution in [0, 0.1) is 0 Å². The first-order chi connectivity index (χ1) is 7.79. The van der Waals surface area contributed by atoms with Crippen LogP contribution in [-0.4, -0.2) is 0 Å². The second-order valence-electron chi connectivity index (χ2n) is 4.28. The fraction of sp³-hybridized carbons (Fsp3) is 0.333. The van der Waals surface area contributed by atoms with Gasteiger partial charge in [-0.25, -0.2) is 0 Å². The van der Waals surface area contributed by atoms with Crippen molar-refractivity contribution in [3.63, 3.8) is 0 Å². The topological polar surface area (TPSA) is 0 Å². The minimum Gasteiger partial charge on any atom is -0.0654 e. The van der Waals surface area contributed by atoms with Crippen LogP contribution in [0.2, 0.25) is 0 Å². The van der Waals surface area contributed by atoms with Crippen LogP contribution in [0.15, 0.2) is 40.9 Å². The second-order valence-corrected chi connectivity index (χ2v) is 5.20. The predicted molar refractivity (Wildman–Crippen MR) is 74.9 cm³/mol. The molecule has 0 bridgehead atoms. The summed E-state index contributed by atoms with van der Waals surface area (Å²) in [5, 5.41) is 2.66. The Kier molecular flexibility index (Phi) is 4.00. The summed E-state index contributed by atoms with van der Waals surface area (Å²) < 4.78 is 1.16. The fourth-order valence-corrected chi connectivity index (χ4v) is 2.38. The average molecular weight is 277 g/mol. The number of benzene rings is 2. The van der Waals surface area contributed by atoms with Gasteiger partial charge < -0.3 is 0 Å². The lowest BCUT2D eigenvalue weighted by atomic mass is 10.0. The minimum atomic E-state index is 1.16. The minimum absolute atomic E-state index is 1.16. The molecule has 0 aliphatic heterocycles. The fourth-order valence-electron chi connectivity index (χ4n) is 2.00. The standard InChI is InChI=1S/C15H17Br/c1-2-3-4-5-12-6-7-13-8-9-15(16)11-14(13)10-12/h6-11H,2-5H2,1H3. The lowest BCUT2D eigenvalue weighted by Crippen LogP contribution is -1.85. The molecule has 2 aromatic carbocycles. The Morgan fingerprint density at radius 3 is 2.56 bits per heavy atom. The largest absolute Gasteiger partial charge is 0.0654 e. The maximum absolute atomic E-state index is 3.52. The van der Waals surface area contributed by atoms with E-state index in [1.807, 2.05) is 0 Å². The predicted octanol–water partition coefficient (Wildman–Crippen LogP) is 5.34. The van der Waals surface area contributed by atoms with Crippen molar-refractivity contribution in [1.82, 2.24) is 0 Å². The molecule has 0 aromatic heterocycles. The van der Waals surface area contributed by atoms with Crippen molar-refractivity contribution in [2.45, 2.75) is 32.6 Å². The normalized spacial score (nSPS) is 10.9. The van der Waals surface area contributed by atoms with Crippen LogP contribution >= 0.6 is 15.9 Å². The maximum atomic E-state index is 3.52. The molecular weight excluding hydrogens is 260 g/mol. The van der Waals surface area contributed by atoms with Crippen LogP contribution in [0.3, 0.4) is 0 Å². The van der Waals surface area contributed by atoms with Crippen LogP contribution in [0.5, 0.6) is 0 Å². The van der Waals surface area contributed by atoms with Gasteiger partial charge in [-0.3, -0.25) is 0 Å².